The van der Waals surface area contributed by atoms with Gasteiger partial charge in [-0.2, -0.15) is 0 Å². The molecule has 116 valence electrons. The van der Waals surface area contributed by atoms with Crippen molar-refractivity contribution in [3.8, 4) is 0 Å². The number of hydrogen-bond acceptors (Lipinski definition) is 3. The summed E-state index contributed by atoms with van der Waals surface area (Å²) in [5, 5.41) is 0. The molecule has 4 rings (SSSR count). The Hall–Kier alpha value is -0.870. The number of fused-ring (bicyclic) bond motifs is 2. The number of nitrogens with zero attached hydrogens (tertiary/aromatic N) is 2. The van der Waals surface area contributed by atoms with Crippen LogP contribution in [0.1, 0.15) is 32.1 Å². The van der Waals surface area contributed by atoms with Crippen molar-refractivity contribution in [2.45, 2.75) is 44.2 Å². The predicted octanol–water partition coefficient (Wildman–Crippen LogP) is 1.22. The lowest BCUT2D eigenvalue weighted by Gasteiger charge is -2.34. The van der Waals surface area contributed by atoms with Gasteiger partial charge in [-0.15, -0.1) is 0 Å². The number of piperidine rings is 1. The molecule has 2 aliphatic carbocycles. The molecule has 2 heterocycles. The number of amides is 1. The van der Waals surface area contributed by atoms with Crippen molar-refractivity contribution in [2.24, 2.45) is 23.5 Å². The molecule has 2 bridgehead atoms. The van der Waals surface area contributed by atoms with Gasteiger partial charge in [-0.1, -0.05) is 12.2 Å². The van der Waals surface area contributed by atoms with E-state index < -0.39 is 0 Å². The molecule has 1 saturated carbocycles. The van der Waals surface area contributed by atoms with E-state index in [1.807, 2.05) is 0 Å². The molecule has 21 heavy (non-hydrogen) atoms. The first kappa shape index (κ1) is 13.8. The number of carbonyl (C=O) groups excluding carboxylic acids is 1. The third-order valence-electron chi connectivity index (χ3n) is 6.16. The first-order chi connectivity index (χ1) is 10.2. The second kappa shape index (κ2) is 5.40. The van der Waals surface area contributed by atoms with Crippen LogP contribution in [0.2, 0.25) is 0 Å². The molecule has 4 aliphatic rings. The molecule has 2 saturated heterocycles. The normalized spacial score (nSPS) is 40.3. The average Bonchev–Trinajstić information content (AvgIpc) is 3.23. The summed E-state index contributed by atoms with van der Waals surface area (Å²) in [6.07, 6.45) is 10.3. The maximum absolute atomic E-state index is 12.8. The van der Waals surface area contributed by atoms with E-state index in [9.17, 15) is 4.79 Å². The summed E-state index contributed by atoms with van der Waals surface area (Å²) < 4.78 is 0. The predicted molar refractivity (Wildman–Crippen MR) is 82.6 cm³/mol. The minimum atomic E-state index is 0.286. The molecule has 4 nitrogen and oxygen atoms in total. The lowest BCUT2D eigenvalue weighted by atomic mass is 9.92. The van der Waals surface area contributed by atoms with Gasteiger partial charge in [0.25, 0.3) is 0 Å². The summed E-state index contributed by atoms with van der Waals surface area (Å²) >= 11 is 0. The molecular formula is C17H27N3O. The Morgan fingerprint density at radius 2 is 1.86 bits per heavy atom. The van der Waals surface area contributed by atoms with Gasteiger partial charge in [0.05, 0.1) is 0 Å². The summed E-state index contributed by atoms with van der Waals surface area (Å²) in [5.74, 6) is 1.94. The lowest BCUT2D eigenvalue weighted by Crippen LogP contribution is -2.46. The molecule has 4 unspecified atom stereocenters. The van der Waals surface area contributed by atoms with Crippen LogP contribution in [-0.2, 0) is 4.79 Å². The van der Waals surface area contributed by atoms with Crippen LogP contribution < -0.4 is 5.73 Å². The minimum absolute atomic E-state index is 0.286. The molecule has 0 aromatic heterocycles. The zero-order valence-corrected chi connectivity index (χ0v) is 12.8. The maximum Gasteiger partial charge on any atom is 0.226 e. The highest BCUT2D eigenvalue weighted by atomic mass is 16.2. The SMILES string of the molecule is NC1CCN(C2CCN(C(=O)C3CC4C=CC3C4)C2)CC1. The van der Waals surface area contributed by atoms with E-state index in [0.29, 0.717) is 29.8 Å². The van der Waals surface area contributed by atoms with E-state index in [1.54, 1.807) is 0 Å². The van der Waals surface area contributed by atoms with Gasteiger partial charge in [0.15, 0.2) is 0 Å². The molecule has 0 aromatic rings. The summed E-state index contributed by atoms with van der Waals surface area (Å²) in [6.45, 7) is 4.14. The minimum Gasteiger partial charge on any atom is -0.341 e. The summed E-state index contributed by atoms with van der Waals surface area (Å²) in [7, 11) is 0. The van der Waals surface area contributed by atoms with E-state index in [4.69, 9.17) is 5.73 Å². The first-order valence-electron chi connectivity index (χ1n) is 8.67. The first-order valence-corrected chi connectivity index (χ1v) is 8.67. The topological polar surface area (TPSA) is 49.6 Å². The molecular weight excluding hydrogens is 262 g/mol. The van der Waals surface area contributed by atoms with Gasteiger partial charge in [-0.05, 0) is 57.0 Å². The zero-order chi connectivity index (χ0) is 14.4. The monoisotopic (exact) mass is 289 g/mol. The highest BCUT2D eigenvalue weighted by Gasteiger charge is 2.43. The van der Waals surface area contributed by atoms with Gasteiger partial charge in [-0.3, -0.25) is 9.69 Å². The number of hydrogen-bond donors (Lipinski definition) is 1. The van der Waals surface area contributed by atoms with Crippen molar-refractivity contribution in [1.82, 2.24) is 9.80 Å². The molecule has 0 aromatic carbocycles. The Morgan fingerprint density at radius 1 is 1.05 bits per heavy atom. The van der Waals surface area contributed by atoms with Crippen LogP contribution in [0.3, 0.4) is 0 Å². The highest BCUT2D eigenvalue weighted by Crippen LogP contribution is 2.44. The van der Waals surface area contributed by atoms with Crippen molar-refractivity contribution < 1.29 is 4.79 Å². The van der Waals surface area contributed by atoms with Gasteiger partial charge >= 0.3 is 0 Å². The van der Waals surface area contributed by atoms with Gasteiger partial charge < -0.3 is 10.6 Å². The molecule has 4 heteroatoms. The third-order valence-corrected chi connectivity index (χ3v) is 6.16. The standard InChI is InChI=1S/C17H27N3O/c18-14-3-6-19(7-4-14)15-5-8-20(11-15)17(21)16-10-12-1-2-13(16)9-12/h1-2,12-16H,3-11,18H2. The number of allylic oxidation sites excluding steroid dienone is 2. The fourth-order valence-electron chi connectivity index (χ4n) is 4.82. The fraction of sp³-hybridized carbons (Fsp3) is 0.824. The Kier molecular flexibility index (Phi) is 3.54. The van der Waals surface area contributed by atoms with Gasteiger partial charge in [0.1, 0.15) is 0 Å². The highest BCUT2D eigenvalue weighted by molar-refractivity contribution is 5.80. The van der Waals surface area contributed by atoms with E-state index >= 15 is 0 Å². The van der Waals surface area contributed by atoms with Crippen LogP contribution in [0.5, 0.6) is 0 Å². The number of carbonyl (C=O) groups is 1. The Balaban J connectivity index is 1.34. The number of rotatable bonds is 2. The second-order valence-corrected chi connectivity index (χ2v) is 7.49. The molecule has 0 radical (unpaired) electrons. The quantitative estimate of drug-likeness (QED) is 0.778. The lowest BCUT2D eigenvalue weighted by molar-refractivity contribution is -0.135. The van der Waals surface area contributed by atoms with Crippen molar-refractivity contribution in [2.75, 3.05) is 26.2 Å². The van der Waals surface area contributed by atoms with Gasteiger partial charge in [0, 0.05) is 31.1 Å². The molecule has 2 aliphatic heterocycles. The average molecular weight is 289 g/mol. The zero-order valence-electron chi connectivity index (χ0n) is 12.8. The van der Waals surface area contributed by atoms with E-state index in [2.05, 4.69) is 22.0 Å². The van der Waals surface area contributed by atoms with E-state index in [-0.39, 0.29) is 5.92 Å². The van der Waals surface area contributed by atoms with Crippen LogP contribution in [0.15, 0.2) is 12.2 Å². The molecule has 0 spiro atoms. The molecule has 3 fully saturated rings. The van der Waals surface area contributed by atoms with Crippen LogP contribution in [-0.4, -0.2) is 54.0 Å². The summed E-state index contributed by atoms with van der Waals surface area (Å²) in [4.78, 5) is 17.5. The number of likely N-dealkylation sites (tertiary alicyclic amines) is 2. The Labute approximate surface area is 127 Å². The van der Waals surface area contributed by atoms with Gasteiger partial charge in [-0.25, -0.2) is 0 Å². The van der Waals surface area contributed by atoms with Crippen LogP contribution in [0.4, 0.5) is 0 Å². The number of nitrogens with two attached hydrogens (primary N) is 1. The Morgan fingerprint density at radius 3 is 2.52 bits per heavy atom. The maximum atomic E-state index is 12.8. The van der Waals surface area contributed by atoms with Crippen LogP contribution in [0.25, 0.3) is 0 Å². The van der Waals surface area contributed by atoms with Crippen molar-refractivity contribution in [1.29, 1.82) is 0 Å². The van der Waals surface area contributed by atoms with Crippen molar-refractivity contribution in [3.05, 3.63) is 12.2 Å². The summed E-state index contributed by atoms with van der Waals surface area (Å²) in [5.41, 5.74) is 5.99. The fourth-order valence-corrected chi connectivity index (χ4v) is 4.82. The summed E-state index contributed by atoms with van der Waals surface area (Å²) in [6, 6.07) is 0.969. The molecule has 1 amide bonds. The Bertz CT molecular complexity index is 441. The second-order valence-electron chi connectivity index (χ2n) is 7.49. The largest absolute Gasteiger partial charge is 0.341 e. The van der Waals surface area contributed by atoms with Gasteiger partial charge in [0.2, 0.25) is 5.91 Å². The smallest absolute Gasteiger partial charge is 0.226 e. The third kappa shape index (κ3) is 2.53. The molecule has 2 N–H and O–H groups in total. The van der Waals surface area contributed by atoms with Crippen molar-refractivity contribution >= 4 is 5.91 Å². The van der Waals surface area contributed by atoms with E-state index in [0.717, 1.165) is 51.9 Å². The van der Waals surface area contributed by atoms with Crippen molar-refractivity contribution in [3.63, 3.8) is 0 Å². The van der Waals surface area contributed by atoms with Crippen LogP contribution >= 0.6 is 0 Å². The van der Waals surface area contributed by atoms with Crippen LogP contribution in [0, 0.1) is 17.8 Å². The van der Waals surface area contributed by atoms with E-state index in [1.165, 1.54) is 6.42 Å². The molecule has 4 atom stereocenters.